The highest BCUT2D eigenvalue weighted by Gasteiger charge is 2.31. The van der Waals surface area contributed by atoms with E-state index in [2.05, 4.69) is 25.8 Å². The molecule has 0 saturated carbocycles. The van der Waals surface area contributed by atoms with Gasteiger partial charge in [-0.25, -0.2) is 9.20 Å². The van der Waals surface area contributed by atoms with Crippen molar-refractivity contribution < 1.29 is 4.21 Å². The number of hydrogen-bond donors (Lipinski definition) is 0. The first-order chi connectivity index (χ1) is 6.12. The van der Waals surface area contributed by atoms with Crippen LogP contribution >= 0.6 is 0 Å². The van der Waals surface area contributed by atoms with Gasteiger partial charge in [0.25, 0.3) is 0 Å². The standard InChI is InChI=1S/C11H19NOS/c1-10(2,3)8-7-14(13)9(12-8)11(4,5)6/h7H,1-6H3. The predicted octanol–water partition coefficient (Wildman–Crippen LogP) is 3.08. The molecule has 1 heterocycles. The average Bonchev–Trinajstić information content (AvgIpc) is 2.27. The van der Waals surface area contributed by atoms with Crippen molar-refractivity contribution in [2.45, 2.75) is 41.5 Å². The predicted molar refractivity (Wildman–Crippen MR) is 62.6 cm³/mol. The SMILES string of the molecule is CC(C)(C)C1=CS(=O)C(C(C)(C)C)=N1. The maximum atomic E-state index is 11.8. The fraction of sp³-hybridized carbons (Fsp3) is 0.727. The van der Waals surface area contributed by atoms with Crippen molar-refractivity contribution in [3.63, 3.8) is 0 Å². The highest BCUT2D eigenvalue weighted by Crippen LogP contribution is 2.34. The van der Waals surface area contributed by atoms with Crippen molar-refractivity contribution in [3.05, 3.63) is 11.1 Å². The summed E-state index contributed by atoms with van der Waals surface area (Å²) >= 11 is 0. The van der Waals surface area contributed by atoms with Crippen LogP contribution in [0.5, 0.6) is 0 Å². The molecule has 3 heteroatoms. The van der Waals surface area contributed by atoms with Gasteiger partial charge in [-0.1, -0.05) is 41.5 Å². The normalized spacial score (nSPS) is 23.4. The fourth-order valence-electron chi connectivity index (χ4n) is 1.15. The van der Waals surface area contributed by atoms with Crippen LogP contribution in [-0.2, 0) is 10.8 Å². The van der Waals surface area contributed by atoms with E-state index in [0.717, 1.165) is 10.7 Å². The van der Waals surface area contributed by atoms with Gasteiger partial charge in [0.05, 0.1) is 16.5 Å². The van der Waals surface area contributed by atoms with Crippen LogP contribution < -0.4 is 0 Å². The molecule has 0 bridgehead atoms. The molecule has 1 aliphatic heterocycles. The Morgan fingerprint density at radius 1 is 1.07 bits per heavy atom. The molecule has 80 valence electrons. The van der Waals surface area contributed by atoms with Gasteiger partial charge in [-0.3, -0.25) is 0 Å². The minimum absolute atomic E-state index is 0.0112. The summed E-state index contributed by atoms with van der Waals surface area (Å²) < 4.78 is 11.8. The lowest BCUT2D eigenvalue weighted by molar-refractivity contribution is 0.498. The van der Waals surface area contributed by atoms with Crippen LogP contribution in [0.2, 0.25) is 0 Å². The monoisotopic (exact) mass is 213 g/mol. The van der Waals surface area contributed by atoms with Gasteiger partial charge in [0.15, 0.2) is 0 Å². The van der Waals surface area contributed by atoms with Crippen molar-refractivity contribution in [1.29, 1.82) is 0 Å². The molecule has 0 fully saturated rings. The van der Waals surface area contributed by atoms with Crippen LogP contribution in [-0.4, -0.2) is 9.25 Å². The zero-order valence-corrected chi connectivity index (χ0v) is 10.7. The first-order valence-electron chi connectivity index (χ1n) is 4.84. The molecule has 1 atom stereocenters. The van der Waals surface area contributed by atoms with Crippen molar-refractivity contribution >= 4 is 15.8 Å². The fourth-order valence-corrected chi connectivity index (χ4v) is 2.66. The summed E-state index contributed by atoms with van der Waals surface area (Å²) in [6.07, 6.45) is 0. The molecule has 0 spiro atoms. The van der Waals surface area contributed by atoms with Gasteiger partial charge >= 0.3 is 0 Å². The molecule has 0 aromatic carbocycles. The van der Waals surface area contributed by atoms with Crippen LogP contribution in [0.1, 0.15) is 41.5 Å². The summed E-state index contributed by atoms with van der Waals surface area (Å²) in [6, 6.07) is 0. The molecule has 0 amide bonds. The number of aliphatic imine (C=N–C) groups is 1. The zero-order chi connectivity index (χ0) is 11.1. The van der Waals surface area contributed by atoms with Crippen LogP contribution in [0.15, 0.2) is 16.1 Å². The first kappa shape index (κ1) is 11.6. The zero-order valence-electron chi connectivity index (χ0n) is 9.84. The van der Waals surface area contributed by atoms with Crippen LogP contribution in [0.3, 0.4) is 0 Å². The molecule has 2 nitrogen and oxygen atoms in total. The highest BCUT2D eigenvalue weighted by atomic mass is 32.2. The van der Waals surface area contributed by atoms with Crippen LogP contribution in [0, 0.1) is 10.8 Å². The highest BCUT2D eigenvalue weighted by molar-refractivity contribution is 8.03. The number of rotatable bonds is 0. The molecule has 1 rings (SSSR count). The molecule has 1 aliphatic rings. The van der Waals surface area contributed by atoms with E-state index in [1.807, 2.05) is 20.8 Å². The van der Waals surface area contributed by atoms with Crippen molar-refractivity contribution in [1.82, 2.24) is 0 Å². The number of allylic oxidation sites excluding steroid dienone is 1. The second-order valence-electron chi connectivity index (χ2n) is 5.72. The van der Waals surface area contributed by atoms with Gasteiger partial charge in [0.1, 0.15) is 5.04 Å². The number of nitrogens with zero attached hydrogens (tertiary/aromatic N) is 1. The van der Waals surface area contributed by atoms with E-state index in [0.29, 0.717) is 0 Å². The van der Waals surface area contributed by atoms with E-state index < -0.39 is 10.8 Å². The molecule has 0 radical (unpaired) electrons. The maximum Gasteiger partial charge on any atom is 0.114 e. The summed E-state index contributed by atoms with van der Waals surface area (Å²) in [7, 11) is -1.02. The van der Waals surface area contributed by atoms with E-state index in [1.165, 1.54) is 0 Å². The summed E-state index contributed by atoms with van der Waals surface area (Å²) in [6.45, 7) is 12.4. The Kier molecular flexibility index (Phi) is 2.74. The van der Waals surface area contributed by atoms with Crippen molar-refractivity contribution in [3.8, 4) is 0 Å². The minimum Gasteiger partial charge on any atom is -0.248 e. The average molecular weight is 213 g/mol. The largest absolute Gasteiger partial charge is 0.248 e. The van der Waals surface area contributed by atoms with E-state index >= 15 is 0 Å². The Balaban J connectivity index is 3.06. The third kappa shape index (κ3) is 2.32. The second kappa shape index (κ2) is 3.30. The summed E-state index contributed by atoms with van der Waals surface area (Å²) in [5, 5.41) is 2.57. The van der Waals surface area contributed by atoms with E-state index in [9.17, 15) is 4.21 Å². The van der Waals surface area contributed by atoms with Gasteiger partial charge in [0, 0.05) is 16.2 Å². The third-order valence-electron chi connectivity index (χ3n) is 2.04. The molecule has 0 aromatic rings. The van der Waals surface area contributed by atoms with E-state index in [4.69, 9.17) is 0 Å². The Morgan fingerprint density at radius 3 is 1.79 bits per heavy atom. The summed E-state index contributed by atoms with van der Waals surface area (Å²) in [4.78, 5) is 4.49. The van der Waals surface area contributed by atoms with Crippen molar-refractivity contribution in [2.24, 2.45) is 15.8 Å². The first-order valence-corrected chi connectivity index (χ1v) is 6.06. The molecule has 0 aliphatic carbocycles. The van der Waals surface area contributed by atoms with Gasteiger partial charge < -0.3 is 0 Å². The smallest absolute Gasteiger partial charge is 0.114 e. The quantitative estimate of drug-likeness (QED) is 0.608. The van der Waals surface area contributed by atoms with Crippen LogP contribution in [0.4, 0.5) is 0 Å². The molecular weight excluding hydrogens is 194 g/mol. The Hall–Kier alpha value is -0.440. The third-order valence-corrected chi connectivity index (χ3v) is 3.56. The summed E-state index contributed by atoms with van der Waals surface area (Å²) in [5.74, 6) is 0. The lowest BCUT2D eigenvalue weighted by Crippen LogP contribution is -2.21. The Labute approximate surface area is 89.0 Å². The molecule has 1 unspecified atom stereocenters. The Bertz CT molecular complexity index is 311. The van der Waals surface area contributed by atoms with Crippen molar-refractivity contribution in [2.75, 3.05) is 0 Å². The number of hydrogen-bond acceptors (Lipinski definition) is 2. The van der Waals surface area contributed by atoms with E-state index in [-0.39, 0.29) is 10.8 Å². The molecule has 14 heavy (non-hydrogen) atoms. The molecule has 0 saturated heterocycles. The topological polar surface area (TPSA) is 29.4 Å². The molecule has 0 aromatic heterocycles. The lowest BCUT2D eigenvalue weighted by Gasteiger charge is -2.19. The lowest BCUT2D eigenvalue weighted by atomic mass is 9.92. The van der Waals surface area contributed by atoms with E-state index in [1.54, 1.807) is 5.41 Å². The molecular formula is C11H19NOS. The van der Waals surface area contributed by atoms with Crippen LogP contribution in [0.25, 0.3) is 0 Å². The van der Waals surface area contributed by atoms with Gasteiger partial charge in [-0.15, -0.1) is 0 Å². The van der Waals surface area contributed by atoms with Gasteiger partial charge in [-0.05, 0) is 0 Å². The minimum atomic E-state index is -1.02. The van der Waals surface area contributed by atoms with Gasteiger partial charge in [0.2, 0.25) is 0 Å². The Morgan fingerprint density at radius 2 is 1.57 bits per heavy atom. The maximum absolute atomic E-state index is 11.8. The molecule has 0 N–H and O–H groups in total. The van der Waals surface area contributed by atoms with Gasteiger partial charge in [-0.2, -0.15) is 0 Å². The summed E-state index contributed by atoms with van der Waals surface area (Å²) in [5.41, 5.74) is 0.831. The second-order valence-corrected chi connectivity index (χ2v) is 6.93.